The van der Waals surface area contributed by atoms with Gasteiger partial charge in [0.2, 0.25) is 5.91 Å². The molecule has 170 valence electrons. The van der Waals surface area contributed by atoms with E-state index >= 15 is 0 Å². The largest absolute Gasteiger partial charge is 0.338 e. The minimum Gasteiger partial charge on any atom is -0.338 e. The van der Waals surface area contributed by atoms with E-state index < -0.39 is 6.04 Å². The third-order valence-electron chi connectivity index (χ3n) is 5.42. The first-order valence-electron chi connectivity index (χ1n) is 11.1. The van der Waals surface area contributed by atoms with E-state index in [1.54, 1.807) is 0 Å². The van der Waals surface area contributed by atoms with Crippen molar-refractivity contribution in [3.05, 3.63) is 70.7 Å². The molecule has 1 unspecified atom stereocenters. The average molecular weight is 499 g/mol. The van der Waals surface area contributed by atoms with Gasteiger partial charge in [-0.05, 0) is 30.2 Å². The third kappa shape index (κ3) is 7.50. The van der Waals surface area contributed by atoms with Crippen LogP contribution < -0.4 is 10.6 Å². The molecule has 0 spiro atoms. The topological polar surface area (TPSA) is 64.7 Å². The number of amides is 3. The van der Waals surface area contributed by atoms with Crippen molar-refractivity contribution in [3.63, 3.8) is 0 Å². The second-order valence-electron chi connectivity index (χ2n) is 7.89. The Hall–Kier alpha value is -2.64. The van der Waals surface area contributed by atoms with Gasteiger partial charge in [-0.25, -0.2) is 4.79 Å². The van der Waals surface area contributed by atoms with Crippen LogP contribution in [-0.4, -0.2) is 60.5 Å². The maximum Gasteiger partial charge on any atom is 0.319 e. The van der Waals surface area contributed by atoms with Gasteiger partial charge in [0.1, 0.15) is 6.04 Å². The molecule has 1 aliphatic rings. The van der Waals surface area contributed by atoms with Crippen LogP contribution in [0.4, 0.5) is 10.5 Å². The van der Waals surface area contributed by atoms with Crippen LogP contribution >= 0.6 is 15.9 Å². The Bertz CT molecular complexity index is 911. The summed E-state index contributed by atoms with van der Waals surface area (Å²) in [4.78, 5) is 29.7. The molecule has 2 N–H and O–H groups in total. The van der Waals surface area contributed by atoms with E-state index in [1.807, 2.05) is 54.3 Å². The van der Waals surface area contributed by atoms with E-state index in [2.05, 4.69) is 55.7 Å². The summed E-state index contributed by atoms with van der Waals surface area (Å²) in [5.74, 6) is -0.00396. The third-order valence-corrected chi connectivity index (χ3v) is 5.91. The smallest absolute Gasteiger partial charge is 0.319 e. The van der Waals surface area contributed by atoms with Crippen LogP contribution in [0, 0.1) is 0 Å². The lowest BCUT2D eigenvalue weighted by Crippen LogP contribution is -2.55. The Morgan fingerprint density at radius 1 is 1.06 bits per heavy atom. The SMILES string of the molecule is CCCC(NC(=O)Nc1cccc(Br)c1)C(=O)N1CCN(C/C=C/c2ccccc2)CC1. The summed E-state index contributed by atoms with van der Waals surface area (Å²) in [7, 11) is 0. The number of nitrogens with one attached hydrogen (secondary N) is 2. The van der Waals surface area contributed by atoms with Crippen molar-refractivity contribution in [2.45, 2.75) is 25.8 Å². The first-order valence-corrected chi connectivity index (χ1v) is 11.9. The fourth-order valence-electron chi connectivity index (χ4n) is 3.71. The summed E-state index contributed by atoms with van der Waals surface area (Å²) >= 11 is 3.39. The number of rotatable bonds is 8. The van der Waals surface area contributed by atoms with Crippen LogP contribution in [0.3, 0.4) is 0 Å². The summed E-state index contributed by atoms with van der Waals surface area (Å²) < 4.78 is 0.882. The second-order valence-corrected chi connectivity index (χ2v) is 8.80. The number of carbonyl (C=O) groups excluding carboxylic acids is 2. The van der Waals surface area contributed by atoms with E-state index in [0.29, 0.717) is 25.2 Å². The van der Waals surface area contributed by atoms with Crippen LogP contribution in [0.5, 0.6) is 0 Å². The Morgan fingerprint density at radius 2 is 1.81 bits per heavy atom. The predicted octanol–water partition coefficient (Wildman–Crippen LogP) is 4.60. The molecule has 0 aliphatic carbocycles. The molecule has 1 heterocycles. The molecule has 0 radical (unpaired) electrons. The highest BCUT2D eigenvalue weighted by molar-refractivity contribution is 9.10. The summed E-state index contributed by atoms with van der Waals surface area (Å²) in [6.07, 6.45) is 5.73. The summed E-state index contributed by atoms with van der Waals surface area (Å²) in [5, 5.41) is 5.67. The van der Waals surface area contributed by atoms with Gasteiger partial charge in [0.15, 0.2) is 0 Å². The van der Waals surface area contributed by atoms with E-state index in [4.69, 9.17) is 0 Å². The minimum atomic E-state index is -0.517. The van der Waals surface area contributed by atoms with Crippen molar-refractivity contribution in [2.24, 2.45) is 0 Å². The van der Waals surface area contributed by atoms with Gasteiger partial charge < -0.3 is 15.5 Å². The lowest BCUT2D eigenvalue weighted by molar-refractivity contribution is -0.135. The van der Waals surface area contributed by atoms with Gasteiger partial charge in [-0.1, -0.05) is 77.8 Å². The summed E-state index contributed by atoms with van der Waals surface area (Å²) in [5.41, 5.74) is 1.87. The molecule has 0 saturated carbocycles. The highest BCUT2D eigenvalue weighted by Crippen LogP contribution is 2.16. The fourth-order valence-corrected chi connectivity index (χ4v) is 4.11. The normalized spacial score (nSPS) is 15.5. The number of hydrogen-bond acceptors (Lipinski definition) is 3. The first kappa shape index (κ1) is 24.0. The standard InChI is InChI=1S/C25H31BrN4O2/c1-2-8-23(28-25(32)27-22-13-6-12-21(26)19-22)24(31)30-17-15-29(16-18-30)14-7-11-20-9-4-3-5-10-20/h3-7,9-13,19,23H,2,8,14-18H2,1H3,(H2,27,28,32)/b11-7+. The fraction of sp³-hybridized carbons (Fsp3) is 0.360. The van der Waals surface area contributed by atoms with Gasteiger partial charge in [0.05, 0.1) is 0 Å². The zero-order chi connectivity index (χ0) is 22.8. The number of anilines is 1. The van der Waals surface area contributed by atoms with Crippen LogP contribution in [-0.2, 0) is 4.79 Å². The predicted molar refractivity (Wildman–Crippen MR) is 133 cm³/mol. The molecule has 1 aliphatic heterocycles. The maximum atomic E-state index is 13.1. The summed E-state index contributed by atoms with van der Waals surface area (Å²) in [6.45, 7) is 5.88. The molecule has 3 amide bonds. The zero-order valence-electron chi connectivity index (χ0n) is 18.5. The lowest BCUT2D eigenvalue weighted by atomic mass is 10.1. The number of benzene rings is 2. The number of piperazine rings is 1. The van der Waals surface area contributed by atoms with E-state index in [9.17, 15) is 9.59 Å². The van der Waals surface area contributed by atoms with Gasteiger partial charge >= 0.3 is 6.03 Å². The van der Waals surface area contributed by atoms with Crippen LogP contribution in [0.15, 0.2) is 65.1 Å². The first-order chi connectivity index (χ1) is 15.5. The molecule has 1 fully saturated rings. The number of halogens is 1. The molecular formula is C25H31BrN4O2. The molecule has 2 aromatic rings. The Morgan fingerprint density at radius 3 is 2.50 bits per heavy atom. The highest BCUT2D eigenvalue weighted by Gasteiger charge is 2.28. The van der Waals surface area contributed by atoms with Crippen molar-refractivity contribution in [3.8, 4) is 0 Å². The molecule has 0 bridgehead atoms. The molecule has 32 heavy (non-hydrogen) atoms. The van der Waals surface area contributed by atoms with Crippen molar-refractivity contribution in [1.29, 1.82) is 0 Å². The Kier molecular flexibility index (Phi) is 9.31. The molecule has 0 aromatic heterocycles. The van der Waals surface area contributed by atoms with Crippen LogP contribution in [0.2, 0.25) is 0 Å². The van der Waals surface area contributed by atoms with E-state index in [0.717, 1.165) is 30.5 Å². The number of hydrogen-bond donors (Lipinski definition) is 2. The Labute approximate surface area is 198 Å². The number of urea groups is 1. The summed E-state index contributed by atoms with van der Waals surface area (Å²) in [6, 6.07) is 16.7. The highest BCUT2D eigenvalue weighted by atomic mass is 79.9. The van der Waals surface area contributed by atoms with E-state index in [-0.39, 0.29) is 11.9 Å². The molecule has 1 atom stereocenters. The molecule has 3 rings (SSSR count). The van der Waals surface area contributed by atoms with Gasteiger partial charge in [-0.3, -0.25) is 9.69 Å². The lowest BCUT2D eigenvalue weighted by Gasteiger charge is -2.36. The van der Waals surface area contributed by atoms with Crippen molar-refractivity contribution < 1.29 is 9.59 Å². The molecular weight excluding hydrogens is 468 g/mol. The number of nitrogens with zero attached hydrogens (tertiary/aromatic N) is 2. The number of carbonyl (C=O) groups is 2. The van der Waals surface area contributed by atoms with Crippen molar-refractivity contribution in [1.82, 2.24) is 15.1 Å². The van der Waals surface area contributed by atoms with Crippen molar-refractivity contribution >= 4 is 39.6 Å². The second kappa shape index (κ2) is 12.4. The monoisotopic (exact) mass is 498 g/mol. The van der Waals surface area contributed by atoms with Gasteiger partial charge in [0.25, 0.3) is 0 Å². The van der Waals surface area contributed by atoms with Crippen molar-refractivity contribution in [2.75, 3.05) is 38.0 Å². The zero-order valence-corrected chi connectivity index (χ0v) is 20.1. The average Bonchev–Trinajstić information content (AvgIpc) is 2.79. The van der Waals surface area contributed by atoms with E-state index in [1.165, 1.54) is 5.56 Å². The molecule has 1 saturated heterocycles. The Balaban J connectivity index is 1.47. The maximum absolute atomic E-state index is 13.1. The van der Waals surface area contributed by atoms with Gasteiger partial charge in [0, 0.05) is 42.9 Å². The quantitative estimate of drug-likeness (QED) is 0.558. The van der Waals surface area contributed by atoms with Crippen LogP contribution in [0.25, 0.3) is 6.08 Å². The molecule has 2 aromatic carbocycles. The minimum absolute atomic E-state index is 0.00396. The van der Waals surface area contributed by atoms with Gasteiger partial charge in [-0.15, -0.1) is 0 Å². The molecule has 6 nitrogen and oxygen atoms in total. The molecule has 7 heteroatoms. The van der Waals surface area contributed by atoms with Crippen LogP contribution in [0.1, 0.15) is 25.3 Å². The van der Waals surface area contributed by atoms with Gasteiger partial charge in [-0.2, -0.15) is 0 Å².